The van der Waals surface area contributed by atoms with E-state index in [4.69, 9.17) is 15.7 Å². The first kappa shape index (κ1) is 15.4. The Hall–Kier alpha value is -3.00. The Bertz CT molecular complexity index is 735. The molecular weight excluding hydrogens is 278 g/mol. The molecule has 5 heteroatoms. The van der Waals surface area contributed by atoms with Gasteiger partial charge in [-0.05, 0) is 55.8 Å². The number of nitrogens with zero attached hydrogens (tertiary/aromatic N) is 1. The van der Waals surface area contributed by atoms with E-state index in [2.05, 4.69) is 5.32 Å². The van der Waals surface area contributed by atoms with Gasteiger partial charge in [0.2, 0.25) is 0 Å². The van der Waals surface area contributed by atoms with E-state index in [0.717, 1.165) is 5.56 Å². The van der Waals surface area contributed by atoms with Crippen molar-refractivity contribution in [1.82, 2.24) is 0 Å². The van der Waals surface area contributed by atoms with Crippen LogP contribution in [0.1, 0.15) is 18.1 Å². The van der Waals surface area contributed by atoms with Crippen LogP contribution in [0.25, 0.3) is 0 Å². The molecule has 0 aliphatic carbocycles. The minimum atomic E-state index is -0.689. The van der Waals surface area contributed by atoms with Gasteiger partial charge in [-0.25, -0.2) is 0 Å². The van der Waals surface area contributed by atoms with Gasteiger partial charge < -0.3 is 15.8 Å². The third-order valence-electron chi connectivity index (χ3n) is 3.15. The fourth-order valence-corrected chi connectivity index (χ4v) is 1.96. The van der Waals surface area contributed by atoms with Crippen LogP contribution in [0.4, 0.5) is 11.4 Å². The highest BCUT2D eigenvalue weighted by Crippen LogP contribution is 2.19. The van der Waals surface area contributed by atoms with Crippen LogP contribution < -0.4 is 15.8 Å². The van der Waals surface area contributed by atoms with E-state index in [1.807, 2.05) is 13.0 Å². The number of carbonyl (C=O) groups is 1. The molecule has 5 nitrogen and oxygen atoms in total. The molecule has 0 bridgehead atoms. The highest BCUT2D eigenvalue weighted by Gasteiger charge is 2.16. The van der Waals surface area contributed by atoms with Crippen LogP contribution in [-0.4, -0.2) is 12.0 Å². The molecule has 0 saturated carbocycles. The summed E-state index contributed by atoms with van der Waals surface area (Å²) in [6.07, 6.45) is -0.689. The van der Waals surface area contributed by atoms with E-state index < -0.39 is 6.10 Å². The summed E-state index contributed by atoms with van der Waals surface area (Å²) in [5.41, 5.74) is 8.39. The Morgan fingerprint density at radius 3 is 2.77 bits per heavy atom. The molecule has 112 valence electrons. The van der Waals surface area contributed by atoms with Crippen LogP contribution >= 0.6 is 0 Å². The third kappa shape index (κ3) is 3.76. The lowest BCUT2D eigenvalue weighted by Crippen LogP contribution is -2.30. The highest BCUT2D eigenvalue weighted by molar-refractivity contribution is 5.95. The lowest BCUT2D eigenvalue weighted by molar-refractivity contribution is -0.122. The maximum Gasteiger partial charge on any atom is 0.265 e. The van der Waals surface area contributed by atoms with E-state index in [1.165, 1.54) is 0 Å². The minimum absolute atomic E-state index is 0.268. The molecule has 1 atom stereocenters. The zero-order valence-electron chi connectivity index (χ0n) is 12.5. The van der Waals surface area contributed by atoms with Crippen molar-refractivity contribution < 1.29 is 9.53 Å². The predicted octanol–water partition coefficient (Wildman–Crippen LogP) is 2.85. The molecule has 2 aromatic rings. The lowest BCUT2D eigenvalue weighted by Gasteiger charge is -2.16. The first-order valence-electron chi connectivity index (χ1n) is 6.83. The van der Waals surface area contributed by atoms with E-state index in [0.29, 0.717) is 22.7 Å². The van der Waals surface area contributed by atoms with Gasteiger partial charge in [-0.1, -0.05) is 6.07 Å². The second-order valence-corrected chi connectivity index (χ2v) is 4.96. The Morgan fingerprint density at radius 1 is 1.32 bits per heavy atom. The molecule has 0 saturated heterocycles. The Balaban J connectivity index is 2.04. The zero-order valence-corrected chi connectivity index (χ0v) is 12.5. The maximum atomic E-state index is 12.2. The smallest absolute Gasteiger partial charge is 0.265 e. The number of carbonyl (C=O) groups excluding carboxylic acids is 1. The summed E-state index contributed by atoms with van der Waals surface area (Å²) in [6, 6.07) is 14.0. The zero-order chi connectivity index (χ0) is 16.1. The fraction of sp³-hybridized carbons (Fsp3) is 0.176. The van der Waals surface area contributed by atoms with Crippen LogP contribution in [0.3, 0.4) is 0 Å². The predicted molar refractivity (Wildman–Crippen MR) is 85.5 cm³/mol. The van der Waals surface area contributed by atoms with Crippen LogP contribution in [0.2, 0.25) is 0 Å². The number of hydrogen-bond donors (Lipinski definition) is 2. The van der Waals surface area contributed by atoms with Gasteiger partial charge in [0.25, 0.3) is 5.91 Å². The maximum absolute atomic E-state index is 12.2. The second kappa shape index (κ2) is 6.64. The molecule has 2 rings (SSSR count). The number of nitrogen functional groups attached to an aromatic ring is 1. The number of hydrogen-bond acceptors (Lipinski definition) is 4. The van der Waals surface area contributed by atoms with Crippen LogP contribution in [0, 0.1) is 18.3 Å². The molecule has 1 unspecified atom stereocenters. The van der Waals surface area contributed by atoms with Crippen molar-refractivity contribution in [1.29, 1.82) is 5.26 Å². The number of nitrogens with one attached hydrogen (secondary N) is 1. The Morgan fingerprint density at radius 2 is 2.09 bits per heavy atom. The standard InChI is InChI=1S/C17H17N3O2/c1-11-8-14(19)6-7-16(11)20-17(21)12(2)22-15-5-3-4-13(9-15)10-18/h3-9,12H,19H2,1-2H3,(H,20,21). The van der Waals surface area contributed by atoms with Crippen molar-refractivity contribution in [2.75, 3.05) is 11.1 Å². The quantitative estimate of drug-likeness (QED) is 0.849. The topological polar surface area (TPSA) is 88.1 Å². The first-order valence-corrected chi connectivity index (χ1v) is 6.83. The highest BCUT2D eigenvalue weighted by atomic mass is 16.5. The van der Waals surface area contributed by atoms with Crippen molar-refractivity contribution in [2.24, 2.45) is 0 Å². The number of nitriles is 1. The van der Waals surface area contributed by atoms with Crippen molar-refractivity contribution in [3.8, 4) is 11.8 Å². The fourth-order valence-electron chi connectivity index (χ4n) is 1.96. The second-order valence-electron chi connectivity index (χ2n) is 4.96. The largest absolute Gasteiger partial charge is 0.481 e. The number of nitrogens with two attached hydrogens (primary N) is 1. The molecule has 0 aromatic heterocycles. The van der Waals surface area contributed by atoms with Gasteiger partial charge in [-0.15, -0.1) is 0 Å². The van der Waals surface area contributed by atoms with Gasteiger partial charge in [0.05, 0.1) is 11.6 Å². The van der Waals surface area contributed by atoms with Crippen molar-refractivity contribution >= 4 is 17.3 Å². The number of ether oxygens (including phenoxy) is 1. The van der Waals surface area contributed by atoms with Crippen molar-refractivity contribution in [3.63, 3.8) is 0 Å². The van der Waals surface area contributed by atoms with Gasteiger partial charge in [0, 0.05) is 11.4 Å². The van der Waals surface area contributed by atoms with E-state index in [-0.39, 0.29) is 5.91 Å². The summed E-state index contributed by atoms with van der Waals surface area (Å²) < 4.78 is 5.57. The molecule has 2 aromatic carbocycles. The lowest BCUT2D eigenvalue weighted by atomic mass is 10.1. The molecule has 1 amide bonds. The Labute approximate surface area is 129 Å². The number of aryl methyl sites for hydroxylation is 1. The van der Waals surface area contributed by atoms with Crippen LogP contribution in [-0.2, 0) is 4.79 Å². The first-order chi connectivity index (χ1) is 10.5. The summed E-state index contributed by atoms with van der Waals surface area (Å²) in [5.74, 6) is 0.214. The van der Waals surface area contributed by atoms with E-state index in [9.17, 15) is 4.79 Å². The van der Waals surface area contributed by atoms with Gasteiger partial charge in [-0.2, -0.15) is 5.26 Å². The summed E-state index contributed by atoms with van der Waals surface area (Å²) in [7, 11) is 0. The summed E-state index contributed by atoms with van der Waals surface area (Å²) in [5, 5.41) is 11.7. The normalized spacial score (nSPS) is 11.3. The summed E-state index contributed by atoms with van der Waals surface area (Å²) in [4.78, 5) is 12.2. The molecule has 0 heterocycles. The number of anilines is 2. The molecule has 3 N–H and O–H groups in total. The molecule has 22 heavy (non-hydrogen) atoms. The molecule has 0 aliphatic rings. The van der Waals surface area contributed by atoms with Gasteiger partial charge in [0.1, 0.15) is 5.75 Å². The molecule has 0 radical (unpaired) electrons. The van der Waals surface area contributed by atoms with Crippen LogP contribution in [0.5, 0.6) is 5.75 Å². The molecular formula is C17H17N3O2. The van der Waals surface area contributed by atoms with Crippen molar-refractivity contribution in [2.45, 2.75) is 20.0 Å². The average molecular weight is 295 g/mol. The monoisotopic (exact) mass is 295 g/mol. The Kier molecular flexibility index (Phi) is 4.64. The molecule has 0 aliphatic heterocycles. The SMILES string of the molecule is Cc1cc(N)ccc1NC(=O)C(C)Oc1cccc(C#N)c1. The number of rotatable bonds is 4. The molecule has 0 spiro atoms. The minimum Gasteiger partial charge on any atom is -0.481 e. The van der Waals surface area contributed by atoms with E-state index in [1.54, 1.807) is 49.4 Å². The van der Waals surface area contributed by atoms with Gasteiger partial charge in [-0.3, -0.25) is 4.79 Å². The average Bonchev–Trinajstić information content (AvgIpc) is 2.50. The summed E-state index contributed by atoms with van der Waals surface area (Å²) >= 11 is 0. The van der Waals surface area contributed by atoms with Crippen LogP contribution in [0.15, 0.2) is 42.5 Å². The molecule has 0 fully saturated rings. The summed E-state index contributed by atoms with van der Waals surface area (Å²) in [6.45, 7) is 3.52. The van der Waals surface area contributed by atoms with E-state index >= 15 is 0 Å². The van der Waals surface area contributed by atoms with Gasteiger partial charge >= 0.3 is 0 Å². The van der Waals surface area contributed by atoms with Crippen molar-refractivity contribution in [3.05, 3.63) is 53.6 Å². The number of benzene rings is 2. The number of amides is 1. The van der Waals surface area contributed by atoms with Gasteiger partial charge in [0.15, 0.2) is 6.10 Å². The third-order valence-corrected chi connectivity index (χ3v) is 3.15.